The summed E-state index contributed by atoms with van der Waals surface area (Å²) in [4.78, 5) is 0. The van der Waals surface area contributed by atoms with Crippen molar-refractivity contribution in [2.24, 2.45) is 0 Å². The fourth-order valence-corrected chi connectivity index (χ4v) is 1.92. The molecule has 1 heteroatoms. The first kappa shape index (κ1) is 10.7. The van der Waals surface area contributed by atoms with Crippen LogP contribution in [0.15, 0.2) is 48.5 Å². The van der Waals surface area contributed by atoms with Crippen molar-refractivity contribution in [1.29, 1.82) is 0 Å². The highest BCUT2D eigenvalue weighted by molar-refractivity contribution is 5.44. The number of rotatable bonds is 3. The summed E-state index contributed by atoms with van der Waals surface area (Å²) in [6.45, 7) is 2.12. The van der Waals surface area contributed by atoms with Crippen molar-refractivity contribution in [3.8, 4) is 0 Å². The molecule has 16 heavy (non-hydrogen) atoms. The van der Waals surface area contributed by atoms with Crippen molar-refractivity contribution in [3.63, 3.8) is 0 Å². The van der Waals surface area contributed by atoms with Crippen LogP contribution in [0.5, 0.6) is 0 Å². The molecule has 0 spiro atoms. The maximum atomic E-state index is 5.73. The molecule has 0 amide bonds. The van der Waals surface area contributed by atoms with E-state index in [1.165, 1.54) is 16.7 Å². The van der Waals surface area contributed by atoms with Gasteiger partial charge in [-0.3, -0.25) is 0 Å². The van der Waals surface area contributed by atoms with E-state index in [-0.39, 0.29) is 0 Å². The minimum absolute atomic E-state index is 0.848. The van der Waals surface area contributed by atoms with Crippen LogP contribution in [0.2, 0.25) is 0 Å². The fourth-order valence-electron chi connectivity index (χ4n) is 1.92. The normalized spacial score (nSPS) is 10.3. The van der Waals surface area contributed by atoms with Crippen molar-refractivity contribution < 1.29 is 0 Å². The Labute approximate surface area is 96.9 Å². The zero-order valence-corrected chi connectivity index (χ0v) is 9.61. The van der Waals surface area contributed by atoms with Gasteiger partial charge in [-0.15, -0.1) is 0 Å². The minimum atomic E-state index is 0.848. The SMILES string of the molecule is Cc1cc(N)ccc1CCc1ccccc1. The molecule has 0 aliphatic heterocycles. The summed E-state index contributed by atoms with van der Waals surface area (Å²) in [5.41, 5.74) is 10.6. The van der Waals surface area contributed by atoms with Gasteiger partial charge in [-0.2, -0.15) is 0 Å². The van der Waals surface area contributed by atoms with E-state index in [1.54, 1.807) is 0 Å². The van der Waals surface area contributed by atoms with Gasteiger partial charge in [-0.1, -0.05) is 36.4 Å². The van der Waals surface area contributed by atoms with E-state index < -0.39 is 0 Å². The van der Waals surface area contributed by atoms with Crippen LogP contribution in [0, 0.1) is 6.92 Å². The van der Waals surface area contributed by atoms with Gasteiger partial charge in [-0.05, 0) is 48.6 Å². The van der Waals surface area contributed by atoms with Crippen LogP contribution in [-0.4, -0.2) is 0 Å². The van der Waals surface area contributed by atoms with Crippen molar-refractivity contribution in [3.05, 3.63) is 65.2 Å². The maximum Gasteiger partial charge on any atom is 0.0316 e. The highest BCUT2D eigenvalue weighted by atomic mass is 14.5. The Bertz CT molecular complexity index is 460. The van der Waals surface area contributed by atoms with Gasteiger partial charge in [0.05, 0.1) is 0 Å². The van der Waals surface area contributed by atoms with E-state index >= 15 is 0 Å². The molecule has 0 fully saturated rings. The Hall–Kier alpha value is -1.76. The summed E-state index contributed by atoms with van der Waals surface area (Å²) in [5.74, 6) is 0. The smallest absolute Gasteiger partial charge is 0.0316 e. The molecule has 0 saturated carbocycles. The summed E-state index contributed by atoms with van der Waals surface area (Å²) in [7, 11) is 0. The average molecular weight is 211 g/mol. The van der Waals surface area contributed by atoms with E-state index in [0.717, 1.165) is 18.5 Å². The summed E-state index contributed by atoms with van der Waals surface area (Å²) in [6, 6.07) is 16.7. The third-order valence-corrected chi connectivity index (χ3v) is 2.89. The molecular weight excluding hydrogens is 194 g/mol. The van der Waals surface area contributed by atoms with Crippen LogP contribution in [0.3, 0.4) is 0 Å². The molecule has 0 aromatic heterocycles. The molecule has 2 aromatic carbocycles. The van der Waals surface area contributed by atoms with E-state index in [1.807, 2.05) is 12.1 Å². The zero-order chi connectivity index (χ0) is 11.4. The summed E-state index contributed by atoms with van der Waals surface area (Å²) < 4.78 is 0. The molecule has 2 rings (SSSR count). The van der Waals surface area contributed by atoms with Gasteiger partial charge in [-0.25, -0.2) is 0 Å². The molecule has 0 unspecified atom stereocenters. The van der Waals surface area contributed by atoms with Gasteiger partial charge in [0.25, 0.3) is 0 Å². The third-order valence-electron chi connectivity index (χ3n) is 2.89. The van der Waals surface area contributed by atoms with Crippen LogP contribution < -0.4 is 5.73 Å². The van der Waals surface area contributed by atoms with E-state index in [4.69, 9.17) is 5.73 Å². The monoisotopic (exact) mass is 211 g/mol. The quantitative estimate of drug-likeness (QED) is 0.774. The number of nitrogen functional groups attached to an aromatic ring is 1. The molecule has 0 atom stereocenters. The lowest BCUT2D eigenvalue weighted by Crippen LogP contribution is -1.95. The lowest BCUT2D eigenvalue weighted by molar-refractivity contribution is 0.950. The maximum absolute atomic E-state index is 5.73. The predicted octanol–water partition coefficient (Wildman–Crippen LogP) is 3.36. The average Bonchev–Trinajstić information content (AvgIpc) is 2.29. The molecular formula is C15H17N. The summed E-state index contributed by atoms with van der Waals surface area (Å²) >= 11 is 0. The van der Waals surface area contributed by atoms with Crippen LogP contribution in [-0.2, 0) is 12.8 Å². The van der Waals surface area contributed by atoms with Gasteiger partial charge in [0, 0.05) is 5.69 Å². The first-order valence-corrected chi connectivity index (χ1v) is 5.64. The highest BCUT2D eigenvalue weighted by Crippen LogP contribution is 2.15. The number of hydrogen-bond acceptors (Lipinski definition) is 1. The Morgan fingerprint density at radius 3 is 2.38 bits per heavy atom. The molecule has 0 saturated heterocycles. The Morgan fingerprint density at radius 2 is 1.69 bits per heavy atom. The topological polar surface area (TPSA) is 26.0 Å². The van der Waals surface area contributed by atoms with E-state index in [2.05, 4.69) is 43.3 Å². The van der Waals surface area contributed by atoms with Crippen molar-refractivity contribution >= 4 is 5.69 Å². The minimum Gasteiger partial charge on any atom is -0.399 e. The van der Waals surface area contributed by atoms with Crippen LogP contribution >= 0.6 is 0 Å². The van der Waals surface area contributed by atoms with Gasteiger partial charge >= 0.3 is 0 Å². The van der Waals surface area contributed by atoms with Gasteiger partial charge in [0.2, 0.25) is 0 Å². The van der Waals surface area contributed by atoms with Crippen LogP contribution in [0.4, 0.5) is 5.69 Å². The number of aryl methyl sites for hydroxylation is 3. The van der Waals surface area contributed by atoms with Crippen LogP contribution in [0.1, 0.15) is 16.7 Å². The molecule has 0 radical (unpaired) electrons. The van der Waals surface area contributed by atoms with Crippen LogP contribution in [0.25, 0.3) is 0 Å². The third kappa shape index (κ3) is 2.63. The largest absolute Gasteiger partial charge is 0.399 e. The summed E-state index contributed by atoms with van der Waals surface area (Å²) in [5, 5.41) is 0. The molecule has 2 N–H and O–H groups in total. The number of anilines is 1. The molecule has 2 aromatic rings. The highest BCUT2D eigenvalue weighted by Gasteiger charge is 1.99. The Balaban J connectivity index is 2.05. The lowest BCUT2D eigenvalue weighted by atomic mass is 10.0. The second-order valence-electron chi connectivity index (χ2n) is 4.17. The predicted molar refractivity (Wildman–Crippen MR) is 69.4 cm³/mol. The Morgan fingerprint density at radius 1 is 0.938 bits per heavy atom. The number of hydrogen-bond donors (Lipinski definition) is 1. The zero-order valence-electron chi connectivity index (χ0n) is 9.61. The second kappa shape index (κ2) is 4.84. The molecule has 0 aliphatic rings. The number of benzene rings is 2. The molecule has 0 bridgehead atoms. The van der Waals surface area contributed by atoms with Gasteiger partial charge in [0.1, 0.15) is 0 Å². The standard InChI is InChI=1S/C15H17N/c1-12-11-15(16)10-9-14(12)8-7-13-5-3-2-4-6-13/h2-6,9-11H,7-8,16H2,1H3. The molecule has 1 nitrogen and oxygen atoms in total. The second-order valence-corrected chi connectivity index (χ2v) is 4.17. The van der Waals surface area contributed by atoms with E-state index in [9.17, 15) is 0 Å². The van der Waals surface area contributed by atoms with Crippen molar-refractivity contribution in [1.82, 2.24) is 0 Å². The van der Waals surface area contributed by atoms with E-state index in [0.29, 0.717) is 0 Å². The fraction of sp³-hybridized carbons (Fsp3) is 0.200. The van der Waals surface area contributed by atoms with Crippen molar-refractivity contribution in [2.75, 3.05) is 5.73 Å². The first-order valence-electron chi connectivity index (χ1n) is 5.64. The first-order chi connectivity index (χ1) is 7.75. The molecule has 0 heterocycles. The van der Waals surface area contributed by atoms with Gasteiger partial charge < -0.3 is 5.73 Å². The molecule has 0 aliphatic carbocycles. The number of nitrogens with two attached hydrogens (primary N) is 1. The van der Waals surface area contributed by atoms with Gasteiger partial charge in [0.15, 0.2) is 0 Å². The Kier molecular flexibility index (Phi) is 3.25. The summed E-state index contributed by atoms with van der Waals surface area (Å²) in [6.07, 6.45) is 2.17. The lowest BCUT2D eigenvalue weighted by Gasteiger charge is -2.06. The molecule has 82 valence electrons. The van der Waals surface area contributed by atoms with Crippen molar-refractivity contribution in [2.45, 2.75) is 19.8 Å².